The minimum Gasteiger partial charge on any atom is -0.505 e. The van der Waals surface area contributed by atoms with Gasteiger partial charge in [-0.25, -0.2) is 9.59 Å². The van der Waals surface area contributed by atoms with E-state index in [0.29, 0.717) is 6.54 Å². The van der Waals surface area contributed by atoms with Crippen molar-refractivity contribution in [3.05, 3.63) is 23.8 Å². The van der Waals surface area contributed by atoms with E-state index in [4.69, 9.17) is 5.11 Å². The van der Waals surface area contributed by atoms with E-state index in [9.17, 15) is 14.7 Å². The number of carboxylic acids is 1. The molecule has 0 unspecified atom stereocenters. The van der Waals surface area contributed by atoms with E-state index in [0.717, 1.165) is 12.8 Å². The smallest absolute Gasteiger partial charge is 0.339 e. The Balaban J connectivity index is 2.16. The van der Waals surface area contributed by atoms with Gasteiger partial charge < -0.3 is 20.4 Å². The number of nitrogens with zero attached hydrogens (tertiary/aromatic N) is 1. The molecule has 0 spiro atoms. The van der Waals surface area contributed by atoms with Crippen LogP contribution < -0.4 is 5.32 Å². The highest BCUT2D eigenvalue weighted by Crippen LogP contribution is 2.30. The number of nitrogens with one attached hydrogen (secondary N) is 1. The van der Waals surface area contributed by atoms with Gasteiger partial charge in [0.2, 0.25) is 0 Å². The van der Waals surface area contributed by atoms with Gasteiger partial charge in [-0.3, -0.25) is 0 Å². The second-order valence-electron chi connectivity index (χ2n) is 4.45. The van der Waals surface area contributed by atoms with Crippen LogP contribution in [0.4, 0.5) is 10.5 Å². The van der Waals surface area contributed by atoms with Gasteiger partial charge in [0, 0.05) is 12.6 Å². The molecule has 0 atom stereocenters. The summed E-state index contributed by atoms with van der Waals surface area (Å²) in [5.74, 6) is -1.65. The van der Waals surface area contributed by atoms with Crippen molar-refractivity contribution in [3.8, 4) is 5.75 Å². The number of aromatic hydroxyl groups is 1. The molecular formula is C13H16N2O4. The van der Waals surface area contributed by atoms with Crippen molar-refractivity contribution >= 4 is 17.7 Å². The number of benzene rings is 1. The van der Waals surface area contributed by atoms with E-state index in [-0.39, 0.29) is 23.3 Å². The van der Waals surface area contributed by atoms with Crippen LogP contribution in [0.3, 0.4) is 0 Å². The number of para-hydroxylation sites is 1. The molecule has 1 aromatic rings. The van der Waals surface area contributed by atoms with Gasteiger partial charge in [-0.1, -0.05) is 6.07 Å². The van der Waals surface area contributed by atoms with E-state index in [1.54, 1.807) is 4.90 Å². The first-order chi connectivity index (χ1) is 9.04. The van der Waals surface area contributed by atoms with Gasteiger partial charge >= 0.3 is 12.0 Å². The highest BCUT2D eigenvalue weighted by Gasteiger charge is 2.31. The summed E-state index contributed by atoms with van der Waals surface area (Å²) in [6.45, 7) is 2.46. The Morgan fingerprint density at radius 2 is 2.11 bits per heavy atom. The maximum Gasteiger partial charge on any atom is 0.339 e. The fraction of sp³-hybridized carbons (Fsp3) is 0.385. The van der Waals surface area contributed by atoms with Crippen molar-refractivity contribution in [1.82, 2.24) is 4.90 Å². The molecule has 6 nitrogen and oxygen atoms in total. The van der Waals surface area contributed by atoms with Crippen molar-refractivity contribution in [2.75, 3.05) is 11.9 Å². The first-order valence-electron chi connectivity index (χ1n) is 6.17. The molecule has 102 valence electrons. The monoisotopic (exact) mass is 264 g/mol. The third kappa shape index (κ3) is 2.78. The van der Waals surface area contributed by atoms with Crippen LogP contribution in [0.15, 0.2) is 18.2 Å². The average molecular weight is 264 g/mol. The van der Waals surface area contributed by atoms with Gasteiger partial charge in [0.1, 0.15) is 5.56 Å². The molecule has 2 rings (SSSR count). The topological polar surface area (TPSA) is 89.9 Å². The summed E-state index contributed by atoms with van der Waals surface area (Å²) in [5, 5.41) is 21.2. The molecule has 1 aliphatic carbocycles. The number of carbonyl (C=O) groups is 2. The molecular weight excluding hydrogens is 248 g/mol. The molecule has 0 saturated heterocycles. The highest BCUT2D eigenvalue weighted by molar-refractivity contribution is 5.97. The van der Waals surface area contributed by atoms with Crippen LogP contribution in [-0.4, -0.2) is 39.7 Å². The van der Waals surface area contributed by atoms with Gasteiger partial charge in [0.15, 0.2) is 5.75 Å². The average Bonchev–Trinajstić information content (AvgIpc) is 3.17. The van der Waals surface area contributed by atoms with Crippen molar-refractivity contribution < 1.29 is 19.8 Å². The summed E-state index contributed by atoms with van der Waals surface area (Å²) in [6.07, 6.45) is 1.98. The molecule has 0 bridgehead atoms. The number of hydrogen-bond donors (Lipinski definition) is 3. The Hall–Kier alpha value is -2.24. The van der Waals surface area contributed by atoms with E-state index in [1.807, 2.05) is 6.92 Å². The van der Waals surface area contributed by atoms with E-state index in [2.05, 4.69) is 5.32 Å². The summed E-state index contributed by atoms with van der Waals surface area (Å²) in [5.41, 5.74) is -0.115. The predicted molar refractivity (Wildman–Crippen MR) is 69.5 cm³/mol. The molecule has 2 amide bonds. The highest BCUT2D eigenvalue weighted by atomic mass is 16.4. The zero-order valence-electron chi connectivity index (χ0n) is 10.6. The maximum absolute atomic E-state index is 12.0. The lowest BCUT2D eigenvalue weighted by Gasteiger charge is -2.21. The lowest BCUT2D eigenvalue weighted by Crippen LogP contribution is -2.36. The number of urea groups is 1. The SMILES string of the molecule is CCN(C(=O)Nc1cccc(C(=O)O)c1O)C1CC1. The van der Waals surface area contributed by atoms with E-state index < -0.39 is 11.7 Å². The van der Waals surface area contributed by atoms with Gasteiger partial charge in [-0.05, 0) is 31.9 Å². The van der Waals surface area contributed by atoms with Crippen LogP contribution in [0.5, 0.6) is 5.75 Å². The third-order valence-electron chi connectivity index (χ3n) is 3.10. The number of anilines is 1. The van der Waals surface area contributed by atoms with Crippen LogP contribution in [0.1, 0.15) is 30.1 Å². The first-order valence-corrected chi connectivity index (χ1v) is 6.17. The van der Waals surface area contributed by atoms with Crippen LogP contribution >= 0.6 is 0 Å². The summed E-state index contributed by atoms with van der Waals surface area (Å²) >= 11 is 0. The van der Waals surface area contributed by atoms with E-state index in [1.165, 1.54) is 18.2 Å². The zero-order chi connectivity index (χ0) is 14.0. The van der Waals surface area contributed by atoms with Crippen LogP contribution in [0.25, 0.3) is 0 Å². The molecule has 0 heterocycles. The second-order valence-corrected chi connectivity index (χ2v) is 4.45. The normalized spacial score (nSPS) is 13.9. The molecule has 0 aromatic heterocycles. The molecule has 1 fully saturated rings. The zero-order valence-corrected chi connectivity index (χ0v) is 10.6. The molecule has 1 aromatic carbocycles. The molecule has 0 aliphatic heterocycles. The van der Waals surface area contributed by atoms with Crippen LogP contribution in [-0.2, 0) is 0 Å². The summed E-state index contributed by atoms with van der Waals surface area (Å²) in [4.78, 5) is 24.6. The standard InChI is InChI=1S/C13H16N2O4/c1-2-15(8-6-7-8)13(19)14-10-5-3-4-9(11(10)16)12(17)18/h3-5,8,16H,2,6-7H2,1H3,(H,14,19)(H,17,18). The lowest BCUT2D eigenvalue weighted by atomic mass is 10.1. The number of rotatable bonds is 4. The van der Waals surface area contributed by atoms with E-state index >= 15 is 0 Å². The maximum atomic E-state index is 12.0. The molecule has 1 aliphatic rings. The minimum absolute atomic E-state index is 0.115. The van der Waals surface area contributed by atoms with Crippen molar-refractivity contribution in [2.24, 2.45) is 0 Å². The minimum atomic E-state index is -1.23. The number of carbonyl (C=O) groups excluding carboxylic acids is 1. The Morgan fingerprint density at radius 1 is 1.42 bits per heavy atom. The van der Waals surface area contributed by atoms with Crippen molar-refractivity contribution in [2.45, 2.75) is 25.8 Å². The summed E-state index contributed by atoms with van der Waals surface area (Å²) in [6, 6.07) is 4.18. The Kier molecular flexibility index (Phi) is 3.59. The number of amides is 2. The number of hydrogen-bond acceptors (Lipinski definition) is 3. The van der Waals surface area contributed by atoms with Gasteiger partial charge in [-0.15, -0.1) is 0 Å². The quantitative estimate of drug-likeness (QED) is 0.726. The van der Waals surface area contributed by atoms with Gasteiger partial charge in [0.25, 0.3) is 0 Å². The second kappa shape index (κ2) is 5.17. The van der Waals surface area contributed by atoms with Gasteiger partial charge in [0.05, 0.1) is 5.69 Å². The largest absolute Gasteiger partial charge is 0.505 e. The molecule has 1 saturated carbocycles. The van der Waals surface area contributed by atoms with Crippen molar-refractivity contribution in [1.29, 1.82) is 0 Å². The van der Waals surface area contributed by atoms with Gasteiger partial charge in [-0.2, -0.15) is 0 Å². The predicted octanol–water partition coefficient (Wildman–Crippen LogP) is 2.11. The molecule has 19 heavy (non-hydrogen) atoms. The third-order valence-corrected chi connectivity index (χ3v) is 3.10. The summed E-state index contributed by atoms with van der Waals surface area (Å²) < 4.78 is 0. The summed E-state index contributed by atoms with van der Waals surface area (Å²) in [7, 11) is 0. The van der Waals surface area contributed by atoms with Crippen molar-refractivity contribution in [3.63, 3.8) is 0 Å². The molecule has 3 N–H and O–H groups in total. The first kappa shape index (κ1) is 13.2. The molecule has 6 heteroatoms. The Morgan fingerprint density at radius 3 is 2.63 bits per heavy atom. The Bertz CT molecular complexity index is 511. The van der Waals surface area contributed by atoms with Crippen LogP contribution in [0, 0.1) is 0 Å². The molecule has 0 radical (unpaired) electrons. The fourth-order valence-corrected chi connectivity index (χ4v) is 1.96. The van der Waals surface area contributed by atoms with Crippen LogP contribution in [0.2, 0.25) is 0 Å². The fourth-order valence-electron chi connectivity index (χ4n) is 1.96. The number of carboxylic acid groups (broad SMARTS) is 1. The number of aromatic carboxylic acids is 1. The number of phenols is 1. The lowest BCUT2D eigenvalue weighted by molar-refractivity contribution is 0.0693. The Labute approximate surface area is 110 Å².